The molecule has 0 aromatic heterocycles. The summed E-state index contributed by atoms with van der Waals surface area (Å²) in [7, 11) is 0. The molecule has 1 aromatic carbocycles. The van der Waals surface area contributed by atoms with Crippen LogP contribution in [0.4, 0.5) is 5.69 Å². The lowest BCUT2D eigenvalue weighted by molar-refractivity contribution is -0.120. The molecule has 1 heterocycles. The first-order valence-electron chi connectivity index (χ1n) is 8.35. The number of nitrogens with zero attached hydrogens (tertiary/aromatic N) is 1. The van der Waals surface area contributed by atoms with Gasteiger partial charge < -0.3 is 4.90 Å². The van der Waals surface area contributed by atoms with Gasteiger partial charge in [-0.05, 0) is 49.1 Å². The number of anilines is 1. The van der Waals surface area contributed by atoms with Crippen LogP contribution in [0.3, 0.4) is 0 Å². The van der Waals surface area contributed by atoms with E-state index < -0.39 is 0 Å². The van der Waals surface area contributed by atoms with Gasteiger partial charge in [0.2, 0.25) is 5.91 Å². The van der Waals surface area contributed by atoms with Crippen molar-refractivity contribution in [3.05, 3.63) is 42.5 Å². The van der Waals surface area contributed by atoms with Crippen LogP contribution in [0.5, 0.6) is 0 Å². The van der Waals surface area contributed by atoms with Crippen molar-refractivity contribution in [3.8, 4) is 0 Å². The monoisotopic (exact) mass is 281 g/mol. The highest BCUT2D eigenvalue weighted by atomic mass is 16.2. The third-order valence-electron chi connectivity index (χ3n) is 5.81. The van der Waals surface area contributed by atoms with Crippen LogP contribution in [0.15, 0.2) is 36.9 Å². The second kappa shape index (κ2) is 5.01. The lowest BCUT2D eigenvalue weighted by Crippen LogP contribution is -2.54. The maximum absolute atomic E-state index is 12.8. The fraction of sp³-hybridized carbons (Fsp3) is 0.526. The number of amides is 1. The minimum absolute atomic E-state index is 0.321. The molecular formula is C19H23NO. The van der Waals surface area contributed by atoms with Crippen molar-refractivity contribution >= 4 is 11.6 Å². The van der Waals surface area contributed by atoms with Crippen LogP contribution in [0.1, 0.15) is 50.0 Å². The van der Waals surface area contributed by atoms with Gasteiger partial charge in [-0.2, -0.15) is 0 Å². The molecule has 1 aliphatic heterocycles. The Balaban J connectivity index is 1.63. The van der Waals surface area contributed by atoms with E-state index in [1.165, 1.54) is 30.5 Å². The molecule has 0 bridgehead atoms. The summed E-state index contributed by atoms with van der Waals surface area (Å²) in [6.45, 7) is 3.75. The Labute approximate surface area is 126 Å². The van der Waals surface area contributed by atoms with Gasteiger partial charge in [-0.1, -0.05) is 30.7 Å². The largest absolute Gasteiger partial charge is 0.308 e. The molecule has 2 fully saturated rings. The third-order valence-corrected chi connectivity index (χ3v) is 5.81. The molecular weight excluding hydrogens is 258 g/mol. The molecule has 1 aromatic rings. The topological polar surface area (TPSA) is 20.3 Å². The van der Waals surface area contributed by atoms with Crippen molar-refractivity contribution in [2.75, 3.05) is 4.90 Å². The SMILES string of the molecule is C=CCCCC(=O)N1c2ccccc2C2C3CCCC3C21. The second-order valence-electron chi connectivity index (χ2n) is 6.78. The predicted octanol–water partition coefficient (Wildman–Crippen LogP) is 4.27. The van der Waals surface area contributed by atoms with Gasteiger partial charge in [0.15, 0.2) is 0 Å². The number of benzene rings is 1. The standard InChI is InChI=1S/C19H23NO/c1-2-3-4-12-17(21)20-16-11-6-5-8-15(16)18-13-9-7-10-14(13)19(18)20/h2,5-6,8,11,13-14,18-19H,1,3-4,7,9-10,12H2. The van der Waals surface area contributed by atoms with E-state index in [9.17, 15) is 4.79 Å². The summed E-state index contributed by atoms with van der Waals surface area (Å²) >= 11 is 0. The zero-order valence-electron chi connectivity index (χ0n) is 12.5. The summed E-state index contributed by atoms with van der Waals surface area (Å²) in [6.07, 6.45) is 8.44. The van der Waals surface area contributed by atoms with E-state index in [0.29, 0.717) is 24.3 Å². The fourth-order valence-corrected chi connectivity index (χ4v) is 5.00. The number of rotatable bonds is 4. The number of hydrogen-bond acceptors (Lipinski definition) is 1. The zero-order valence-corrected chi connectivity index (χ0v) is 12.5. The van der Waals surface area contributed by atoms with Gasteiger partial charge >= 0.3 is 0 Å². The molecule has 2 aliphatic carbocycles. The first kappa shape index (κ1) is 13.1. The van der Waals surface area contributed by atoms with Crippen molar-refractivity contribution in [2.24, 2.45) is 11.8 Å². The molecule has 110 valence electrons. The van der Waals surface area contributed by atoms with Gasteiger partial charge in [-0.15, -0.1) is 6.58 Å². The first-order chi connectivity index (χ1) is 10.3. The Bertz CT molecular complexity index is 579. The molecule has 0 N–H and O–H groups in total. The summed E-state index contributed by atoms with van der Waals surface area (Å²) < 4.78 is 0. The third kappa shape index (κ3) is 1.81. The number of para-hydroxylation sites is 1. The molecule has 1 amide bonds. The minimum atomic E-state index is 0.321. The van der Waals surface area contributed by atoms with Crippen molar-refractivity contribution in [1.29, 1.82) is 0 Å². The molecule has 2 heteroatoms. The lowest BCUT2D eigenvalue weighted by atomic mass is 9.61. The van der Waals surface area contributed by atoms with Crippen LogP contribution in [0.2, 0.25) is 0 Å². The van der Waals surface area contributed by atoms with E-state index in [2.05, 4.69) is 35.7 Å². The second-order valence-corrected chi connectivity index (χ2v) is 6.78. The summed E-state index contributed by atoms with van der Waals surface area (Å²) in [5.41, 5.74) is 2.63. The average molecular weight is 281 g/mol. The Morgan fingerprint density at radius 3 is 2.95 bits per heavy atom. The molecule has 4 unspecified atom stereocenters. The van der Waals surface area contributed by atoms with Gasteiger partial charge in [-0.3, -0.25) is 4.79 Å². The normalized spacial score (nSPS) is 32.1. The van der Waals surface area contributed by atoms with Crippen LogP contribution < -0.4 is 4.90 Å². The molecule has 0 spiro atoms. The number of allylic oxidation sites excluding steroid dienone is 1. The van der Waals surface area contributed by atoms with Crippen LogP contribution in [-0.2, 0) is 4.79 Å². The average Bonchev–Trinajstić information content (AvgIpc) is 3.01. The maximum Gasteiger partial charge on any atom is 0.227 e. The van der Waals surface area contributed by atoms with Gasteiger partial charge in [0.25, 0.3) is 0 Å². The molecule has 2 nitrogen and oxygen atoms in total. The highest BCUT2D eigenvalue weighted by Gasteiger charge is 2.60. The molecule has 21 heavy (non-hydrogen) atoms. The van der Waals surface area contributed by atoms with Crippen molar-refractivity contribution in [3.63, 3.8) is 0 Å². The predicted molar refractivity (Wildman–Crippen MR) is 85.3 cm³/mol. The summed E-state index contributed by atoms with van der Waals surface area (Å²) in [5, 5.41) is 0. The van der Waals surface area contributed by atoms with Gasteiger partial charge in [0.05, 0.1) is 0 Å². The molecule has 0 radical (unpaired) electrons. The minimum Gasteiger partial charge on any atom is -0.308 e. The van der Waals surface area contributed by atoms with E-state index in [4.69, 9.17) is 0 Å². The van der Waals surface area contributed by atoms with E-state index in [-0.39, 0.29) is 0 Å². The van der Waals surface area contributed by atoms with Crippen molar-refractivity contribution < 1.29 is 4.79 Å². The van der Waals surface area contributed by atoms with E-state index in [1.54, 1.807) is 0 Å². The molecule has 4 atom stereocenters. The number of hydrogen-bond donors (Lipinski definition) is 0. The summed E-state index contributed by atoms with van der Waals surface area (Å²) in [5.74, 6) is 2.53. The number of carbonyl (C=O) groups excluding carboxylic acids is 1. The Kier molecular flexibility index (Phi) is 3.13. The lowest BCUT2D eigenvalue weighted by Gasteiger charge is -2.48. The number of fused-ring (bicyclic) bond motifs is 6. The Morgan fingerprint density at radius 1 is 1.29 bits per heavy atom. The molecule has 0 saturated heterocycles. The van der Waals surface area contributed by atoms with Crippen molar-refractivity contribution in [1.82, 2.24) is 0 Å². The van der Waals surface area contributed by atoms with Crippen LogP contribution in [-0.4, -0.2) is 11.9 Å². The quantitative estimate of drug-likeness (QED) is 0.596. The van der Waals surface area contributed by atoms with Crippen molar-refractivity contribution in [2.45, 2.75) is 50.5 Å². The van der Waals surface area contributed by atoms with E-state index in [0.717, 1.165) is 24.7 Å². The van der Waals surface area contributed by atoms with Crippen LogP contribution in [0.25, 0.3) is 0 Å². The van der Waals surface area contributed by atoms with Gasteiger partial charge in [-0.25, -0.2) is 0 Å². The Morgan fingerprint density at radius 2 is 2.10 bits per heavy atom. The number of unbranched alkanes of at least 4 members (excludes halogenated alkanes) is 1. The smallest absolute Gasteiger partial charge is 0.227 e. The Hall–Kier alpha value is -1.57. The highest BCUT2D eigenvalue weighted by molar-refractivity contribution is 5.97. The fourth-order valence-electron chi connectivity index (χ4n) is 5.00. The van der Waals surface area contributed by atoms with Gasteiger partial charge in [0, 0.05) is 24.1 Å². The highest BCUT2D eigenvalue weighted by Crippen LogP contribution is 2.63. The zero-order chi connectivity index (χ0) is 14.4. The molecule has 2 saturated carbocycles. The van der Waals surface area contributed by atoms with E-state index >= 15 is 0 Å². The molecule has 3 aliphatic rings. The summed E-state index contributed by atoms with van der Waals surface area (Å²) in [6, 6.07) is 9.06. The van der Waals surface area contributed by atoms with Crippen LogP contribution >= 0.6 is 0 Å². The molecule has 4 rings (SSSR count). The summed E-state index contributed by atoms with van der Waals surface area (Å²) in [4.78, 5) is 14.9. The first-order valence-corrected chi connectivity index (χ1v) is 8.35. The van der Waals surface area contributed by atoms with E-state index in [1.807, 2.05) is 6.08 Å². The van der Waals surface area contributed by atoms with Gasteiger partial charge in [0.1, 0.15) is 0 Å². The van der Waals surface area contributed by atoms with Crippen LogP contribution in [0, 0.1) is 11.8 Å². The maximum atomic E-state index is 12.8. The number of carbonyl (C=O) groups is 1.